The number of amides is 6. The number of phenols is 2. The number of aliphatic hydroxyl groups is 1. The van der Waals surface area contributed by atoms with Gasteiger partial charge in [0.05, 0.1) is 26.1 Å². The van der Waals surface area contributed by atoms with Gasteiger partial charge in [0.2, 0.25) is 35.4 Å². The Morgan fingerprint density at radius 1 is 0.621 bits per heavy atom. The quantitative estimate of drug-likeness (QED) is 0.0268. The summed E-state index contributed by atoms with van der Waals surface area (Å²) in [6.07, 6.45) is -1.55. The van der Waals surface area contributed by atoms with Gasteiger partial charge in [-0.05, 0) is 48.2 Å². The highest BCUT2D eigenvalue weighted by Crippen LogP contribution is 2.14. The predicted molar refractivity (Wildman–Crippen MR) is 202 cm³/mol. The number of nitrogens with zero attached hydrogens (tertiary/aromatic N) is 1. The molecule has 6 amide bonds. The molecule has 2 aromatic rings. The Morgan fingerprint density at radius 2 is 1.09 bits per heavy atom. The molecule has 2 aromatic carbocycles. The third-order valence-corrected chi connectivity index (χ3v) is 8.05. The lowest BCUT2D eigenvalue weighted by molar-refractivity contribution is -0.147. The Balaban J connectivity index is 2.42. The van der Waals surface area contributed by atoms with E-state index in [0.717, 1.165) is 0 Å². The molecular formula is C35H48N10O13. The molecule has 0 aliphatic heterocycles. The minimum Gasteiger partial charge on any atom is -0.508 e. The van der Waals surface area contributed by atoms with Crippen LogP contribution in [0.3, 0.4) is 0 Å². The van der Waals surface area contributed by atoms with Crippen LogP contribution in [0.15, 0.2) is 53.5 Å². The summed E-state index contributed by atoms with van der Waals surface area (Å²) in [4.78, 5) is 105. The average molecular weight is 817 g/mol. The van der Waals surface area contributed by atoms with Crippen molar-refractivity contribution >= 4 is 53.3 Å². The number of phenolic OH excluding ortho intramolecular Hbond substituents is 2. The summed E-state index contributed by atoms with van der Waals surface area (Å²) in [6.45, 7) is -2.00. The number of carbonyl (C=O) groups excluding carboxylic acids is 6. The second kappa shape index (κ2) is 23.8. The lowest BCUT2D eigenvalue weighted by Gasteiger charge is -2.26. The number of nitrogens with one attached hydrogen (secondary N) is 6. The number of guanidine groups is 1. The molecule has 0 fully saturated rings. The average Bonchev–Trinajstić information content (AvgIpc) is 3.17. The van der Waals surface area contributed by atoms with Crippen molar-refractivity contribution in [1.29, 1.82) is 0 Å². The molecule has 0 aliphatic rings. The van der Waals surface area contributed by atoms with Gasteiger partial charge in [-0.1, -0.05) is 24.3 Å². The van der Waals surface area contributed by atoms with Gasteiger partial charge in [-0.25, -0.2) is 4.79 Å². The Kier molecular flexibility index (Phi) is 19.4. The summed E-state index contributed by atoms with van der Waals surface area (Å²) in [5.41, 5.74) is 16.8. The molecule has 0 saturated heterocycles. The Labute approximate surface area is 330 Å². The first-order chi connectivity index (χ1) is 27.4. The molecule has 23 heteroatoms. The number of hydrogen-bond donors (Lipinski definition) is 14. The number of carbonyl (C=O) groups is 8. The van der Waals surface area contributed by atoms with Crippen molar-refractivity contribution in [3.63, 3.8) is 0 Å². The zero-order valence-corrected chi connectivity index (χ0v) is 31.1. The first kappa shape index (κ1) is 47.1. The molecule has 17 N–H and O–H groups in total. The highest BCUT2D eigenvalue weighted by Gasteiger charge is 2.32. The maximum Gasteiger partial charge on any atom is 0.326 e. The monoisotopic (exact) mass is 816 g/mol. The number of rotatable bonds is 24. The molecule has 0 spiro atoms. The number of aliphatic hydroxyl groups excluding tert-OH is 1. The summed E-state index contributed by atoms with van der Waals surface area (Å²) >= 11 is 0. The highest BCUT2D eigenvalue weighted by atomic mass is 16.4. The van der Waals surface area contributed by atoms with Crippen molar-refractivity contribution in [2.75, 3.05) is 26.2 Å². The first-order valence-corrected chi connectivity index (χ1v) is 17.6. The Hall–Kier alpha value is -7.01. The van der Waals surface area contributed by atoms with Gasteiger partial charge in [-0.3, -0.25) is 38.6 Å². The minimum atomic E-state index is -1.89. The van der Waals surface area contributed by atoms with Gasteiger partial charge >= 0.3 is 11.9 Å². The van der Waals surface area contributed by atoms with E-state index in [1.54, 1.807) is 0 Å². The van der Waals surface area contributed by atoms with Crippen LogP contribution < -0.4 is 49.1 Å². The second-order valence-corrected chi connectivity index (χ2v) is 12.7. The summed E-state index contributed by atoms with van der Waals surface area (Å²) in [5, 5.41) is 61.6. The molecule has 23 nitrogen and oxygen atoms in total. The van der Waals surface area contributed by atoms with Crippen LogP contribution >= 0.6 is 0 Å². The van der Waals surface area contributed by atoms with Crippen molar-refractivity contribution in [3.05, 3.63) is 59.7 Å². The molecule has 0 radical (unpaired) electrons. The van der Waals surface area contributed by atoms with E-state index in [4.69, 9.17) is 22.3 Å². The van der Waals surface area contributed by atoms with Crippen LogP contribution in [-0.4, -0.2) is 135 Å². The molecule has 0 aliphatic carbocycles. The summed E-state index contributed by atoms with van der Waals surface area (Å²) in [6, 6.07) is 3.12. The normalized spacial score (nSPS) is 13.2. The first-order valence-electron chi connectivity index (χ1n) is 17.6. The number of benzene rings is 2. The van der Waals surface area contributed by atoms with Crippen molar-refractivity contribution in [3.8, 4) is 11.5 Å². The second-order valence-electron chi connectivity index (χ2n) is 12.7. The lowest BCUT2D eigenvalue weighted by atomic mass is 10.0. The van der Waals surface area contributed by atoms with E-state index in [1.807, 2.05) is 0 Å². The molecule has 2 rings (SSSR count). The fourth-order valence-corrected chi connectivity index (χ4v) is 5.10. The van der Waals surface area contributed by atoms with Crippen LogP contribution in [0, 0.1) is 0 Å². The van der Waals surface area contributed by atoms with Gasteiger partial charge in [0.15, 0.2) is 5.96 Å². The molecule has 58 heavy (non-hydrogen) atoms. The zero-order chi connectivity index (χ0) is 43.4. The maximum atomic E-state index is 14.0. The molecular weight excluding hydrogens is 768 g/mol. The molecule has 0 bridgehead atoms. The Bertz CT molecular complexity index is 1790. The summed E-state index contributed by atoms with van der Waals surface area (Å²) < 4.78 is 0. The fraction of sp³-hybridized carbons (Fsp3) is 0.400. The number of carboxylic acids is 2. The number of aromatic hydroxyl groups is 2. The lowest BCUT2D eigenvalue weighted by Crippen LogP contribution is -2.59. The minimum absolute atomic E-state index is 0.0163. The van der Waals surface area contributed by atoms with Gasteiger partial charge in [-0.15, -0.1) is 0 Å². The van der Waals surface area contributed by atoms with Gasteiger partial charge < -0.3 is 74.6 Å². The van der Waals surface area contributed by atoms with Crippen LogP contribution in [0.5, 0.6) is 11.5 Å². The fourth-order valence-electron chi connectivity index (χ4n) is 5.10. The molecule has 0 saturated carbocycles. The van der Waals surface area contributed by atoms with Crippen molar-refractivity contribution in [1.82, 2.24) is 31.9 Å². The predicted octanol–water partition coefficient (Wildman–Crippen LogP) is -5.01. The van der Waals surface area contributed by atoms with Crippen LogP contribution in [0.25, 0.3) is 0 Å². The van der Waals surface area contributed by atoms with Crippen LogP contribution in [0.2, 0.25) is 0 Å². The van der Waals surface area contributed by atoms with E-state index in [9.17, 15) is 58.8 Å². The third kappa shape index (κ3) is 17.2. The van der Waals surface area contributed by atoms with Gasteiger partial charge in [0.1, 0.15) is 41.7 Å². The van der Waals surface area contributed by atoms with Gasteiger partial charge in [0, 0.05) is 19.4 Å². The standard InChI is InChI=1S/C35H48N10O13/c36-15-27(49)42-26(17-46)30(53)40-16-28(50)41-22(2-1-11-39-35(37)38)31(54)43-23(12-18-3-7-20(47)8-4-18)32(55)44-24(13-19-5-9-21(48)10-6-19)33(56)45-25(34(57)58)14-29(51)52/h3-10,22-26,46-48H,1-2,11-17,36H2,(H,40,53)(H,41,50)(H,42,49)(H,43,54)(H,44,55)(H,45,56)(H,51,52)(H,57,58)(H4,37,38,39)/t22-,23-,24-,25-,26-/m0/s1. The van der Waals surface area contributed by atoms with E-state index in [-0.39, 0.29) is 49.7 Å². The van der Waals surface area contributed by atoms with Gasteiger partial charge in [0.25, 0.3) is 0 Å². The van der Waals surface area contributed by atoms with E-state index in [0.29, 0.717) is 11.1 Å². The number of hydrogen-bond acceptors (Lipinski definition) is 13. The topological polar surface area (TPSA) is 400 Å². The smallest absolute Gasteiger partial charge is 0.326 e. The third-order valence-electron chi connectivity index (χ3n) is 8.05. The van der Waals surface area contributed by atoms with Crippen LogP contribution in [0.1, 0.15) is 30.4 Å². The van der Waals surface area contributed by atoms with E-state index in [2.05, 4.69) is 36.9 Å². The maximum absolute atomic E-state index is 14.0. The zero-order valence-electron chi connectivity index (χ0n) is 31.1. The van der Waals surface area contributed by atoms with Crippen molar-refractivity contribution in [2.45, 2.75) is 62.3 Å². The van der Waals surface area contributed by atoms with Gasteiger partial charge in [-0.2, -0.15) is 0 Å². The number of aliphatic carboxylic acids is 2. The number of carboxylic acid groups (broad SMARTS) is 2. The molecule has 0 unspecified atom stereocenters. The number of aliphatic imine (C=N–C) groups is 1. The van der Waals surface area contributed by atoms with Crippen LogP contribution in [0.4, 0.5) is 0 Å². The summed E-state index contributed by atoms with van der Waals surface area (Å²) in [7, 11) is 0. The number of nitrogens with two attached hydrogens (primary N) is 3. The molecule has 0 heterocycles. The van der Waals surface area contributed by atoms with E-state index in [1.165, 1.54) is 48.5 Å². The Morgan fingerprint density at radius 3 is 1.52 bits per heavy atom. The molecule has 5 atom stereocenters. The SMILES string of the molecule is NCC(=O)N[C@@H](CO)C(=O)NCC(=O)N[C@@H](CCCN=C(N)N)C(=O)N[C@@H](Cc1ccc(O)cc1)C(=O)N[C@@H](Cc1ccc(O)cc1)C(=O)N[C@@H](CC(=O)O)C(=O)O. The van der Waals surface area contributed by atoms with Crippen molar-refractivity contribution in [2.24, 2.45) is 22.2 Å². The van der Waals surface area contributed by atoms with Crippen LogP contribution in [-0.2, 0) is 51.2 Å². The van der Waals surface area contributed by atoms with E-state index < -0.39 is 104 Å². The highest BCUT2D eigenvalue weighted by molar-refractivity contribution is 5.96. The van der Waals surface area contributed by atoms with E-state index >= 15 is 0 Å². The largest absolute Gasteiger partial charge is 0.508 e. The summed E-state index contributed by atoms with van der Waals surface area (Å²) in [5.74, 6) is -9.29. The molecule has 0 aromatic heterocycles. The van der Waals surface area contributed by atoms with Crippen molar-refractivity contribution < 1.29 is 63.9 Å². The molecule has 316 valence electrons.